The summed E-state index contributed by atoms with van der Waals surface area (Å²) in [6.07, 6.45) is 4.28. The number of hydrogen-bond donors (Lipinski definition) is 2. The summed E-state index contributed by atoms with van der Waals surface area (Å²) in [5.74, 6) is 0.00676. The van der Waals surface area contributed by atoms with E-state index in [1.165, 1.54) is 0 Å². The van der Waals surface area contributed by atoms with Gasteiger partial charge in [-0.3, -0.25) is 14.6 Å². The van der Waals surface area contributed by atoms with Gasteiger partial charge in [-0.25, -0.2) is 0 Å². The Morgan fingerprint density at radius 3 is 2.81 bits per heavy atom. The molecule has 1 saturated heterocycles. The fraction of sp³-hybridized carbons (Fsp3) is 0.533. The van der Waals surface area contributed by atoms with Crippen molar-refractivity contribution in [3.05, 3.63) is 24.0 Å². The van der Waals surface area contributed by atoms with Gasteiger partial charge in [0.1, 0.15) is 5.69 Å². The van der Waals surface area contributed by atoms with Crippen molar-refractivity contribution in [2.45, 2.75) is 26.2 Å². The molecule has 1 aromatic rings. The SMILES string of the molecule is CCNC(=O)c1cc(NCCC(=O)N2CCCC2)ccn1. The van der Waals surface area contributed by atoms with E-state index in [2.05, 4.69) is 15.6 Å². The van der Waals surface area contributed by atoms with E-state index in [0.717, 1.165) is 31.6 Å². The molecule has 0 aliphatic carbocycles. The molecule has 6 heteroatoms. The van der Waals surface area contributed by atoms with Gasteiger partial charge >= 0.3 is 0 Å². The smallest absolute Gasteiger partial charge is 0.269 e. The second kappa shape index (κ2) is 7.61. The Balaban J connectivity index is 1.81. The highest BCUT2D eigenvalue weighted by molar-refractivity contribution is 5.93. The number of carbonyl (C=O) groups is 2. The third-order valence-corrected chi connectivity index (χ3v) is 3.46. The van der Waals surface area contributed by atoms with Crippen LogP contribution in [0.15, 0.2) is 18.3 Å². The highest BCUT2D eigenvalue weighted by atomic mass is 16.2. The standard InChI is InChI=1S/C15H22N4O2/c1-2-16-15(21)13-11-12(5-7-18-13)17-8-6-14(20)19-9-3-4-10-19/h5,7,11H,2-4,6,8-10H2,1H3,(H,16,21)(H,17,18). The first-order valence-electron chi connectivity index (χ1n) is 7.46. The Morgan fingerprint density at radius 1 is 1.33 bits per heavy atom. The molecule has 2 rings (SSSR count). The summed E-state index contributed by atoms with van der Waals surface area (Å²) in [6.45, 7) is 4.77. The zero-order valence-corrected chi connectivity index (χ0v) is 12.4. The van der Waals surface area contributed by atoms with Crippen LogP contribution in [0.25, 0.3) is 0 Å². The summed E-state index contributed by atoms with van der Waals surface area (Å²) in [5, 5.41) is 5.88. The number of likely N-dealkylation sites (tertiary alicyclic amines) is 1. The van der Waals surface area contributed by atoms with Crippen molar-refractivity contribution in [3.63, 3.8) is 0 Å². The van der Waals surface area contributed by atoms with Gasteiger partial charge in [0.05, 0.1) is 0 Å². The zero-order valence-electron chi connectivity index (χ0n) is 12.4. The molecule has 1 fully saturated rings. The van der Waals surface area contributed by atoms with E-state index >= 15 is 0 Å². The average Bonchev–Trinajstić information content (AvgIpc) is 3.02. The average molecular weight is 290 g/mol. The summed E-state index contributed by atoms with van der Waals surface area (Å²) in [7, 11) is 0. The summed E-state index contributed by atoms with van der Waals surface area (Å²) in [4.78, 5) is 29.5. The number of pyridine rings is 1. The molecule has 114 valence electrons. The second-order valence-electron chi connectivity index (χ2n) is 5.05. The Labute approximate surface area is 124 Å². The third-order valence-electron chi connectivity index (χ3n) is 3.46. The van der Waals surface area contributed by atoms with E-state index in [0.29, 0.717) is 25.2 Å². The number of rotatable bonds is 6. The number of hydrogen-bond acceptors (Lipinski definition) is 4. The highest BCUT2D eigenvalue weighted by Crippen LogP contribution is 2.10. The summed E-state index contributed by atoms with van der Waals surface area (Å²) >= 11 is 0. The van der Waals surface area contributed by atoms with E-state index in [1.54, 1.807) is 18.3 Å². The largest absolute Gasteiger partial charge is 0.384 e. The maximum atomic E-state index is 11.9. The predicted molar refractivity (Wildman–Crippen MR) is 81.2 cm³/mol. The van der Waals surface area contributed by atoms with Gasteiger partial charge in [0.15, 0.2) is 0 Å². The quantitative estimate of drug-likeness (QED) is 0.827. The molecule has 0 spiro atoms. The Kier molecular flexibility index (Phi) is 5.54. The van der Waals surface area contributed by atoms with Crippen molar-refractivity contribution in [2.75, 3.05) is 31.5 Å². The van der Waals surface area contributed by atoms with Crippen molar-refractivity contribution in [3.8, 4) is 0 Å². The van der Waals surface area contributed by atoms with Crippen molar-refractivity contribution >= 4 is 17.5 Å². The van der Waals surface area contributed by atoms with Crippen molar-refractivity contribution < 1.29 is 9.59 Å². The van der Waals surface area contributed by atoms with Gasteiger partial charge in [0, 0.05) is 44.5 Å². The molecule has 0 aromatic carbocycles. The first kappa shape index (κ1) is 15.3. The number of nitrogens with zero attached hydrogens (tertiary/aromatic N) is 2. The van der Waals surface area contributed by atoms with Gasteiger partial charge in [-0.2, -0.15) is 0 Å². The van der Waals surface area contributed by atoms with Crippen LogP contribution in [0.1, 0.15) is 36.7 Å². The molecule has 1 aromatic heterocycles. The number of aromatic nitrogens is 1. The topological polar surface area (TPSA) is 74.3 Å². The summed E-state index contributed by atoms with van der Waals surface area (Å²) < 4.78 is 0. The molecule has 0 atom stereocenters. The molecule has 0 bridgehead atoms. The van der Waals surface area contributed by atoms with Crippen molar-refractivity contribution in [1.29, 1.82) is 0 Å². The molecular formula is C15H22N4O2. The van der Waals surface area contributed by atoms with Crippen LogP contribution < -0.4 is 10.6 Å². The Hall–Kier alpha value is -2.11. The minimum Gasteiger partial charge on any atom is -0.384 e. The van der Waals surface area contributed by atoms with Gasteiger partial charge in [-0.15, -0.1) is 0 Å². The fourth-order valence-electron chi connectivity index (χ4n) is 2.35. The lowest BCUT2D eigenvalue weighted by Gasteiger charge is -2.15. The summed E-state index contributed by atoms with van der Waals surface area (Å²) in [6, 6.07) is 3.49. The van der Waals surface area contributed by atoms with Gasteiger partial charge in [0.2, 0.25) is 5.91 Å². The van der Waals surface area contributed by atoms with E-state index in [-0.39, 0.29) is 11.8 Å². The maximum Gasteiger partial charge on any atom is 0.269 e. The Morgan fingerprint density at radius 2 is 2.10 bits per heavy atom. The number of nitrogens with one attached hydrogen (secondary N) is 2. The minimum absolute atomic E-state index is 0.186. The Bertz CT molecular complexity index is 498. The van der Waals surface area contributed by atoms with Crippen LogP contribution in [-0.2, 0) is 4.79 Å². The van der Waals surface area contributed by atoms with Gasteiger partial charge in [-0.1, -0.05) is 0 Å². The van der Waals surface area contributed by atoms with E-state index < -0.39 is 0 Å². The van der Waals surface area contributed by atoms with Gasteiger partial charge in [-0.05, 0) is 31.9 Å². The number of carbonyl (C=O) groups excluding carboxylic acids is 2. The first-order chi connectivity index (χ1) is 10.2. The van der Waals surface area contributed by atoms with Gasteiger partial charge in [0.25, 0.3) is 5.91 Å². The zero-order chi connectivity index (χ0) is 15.1. The van der Waals surface area contributed by atoms with Crippen LogP contribution >= 0.6 is 0 Å². The van der Waals surface area contributed by atoms with Gasteiger partial charge < -0.3 is 15.5 Å². The molecule has 6 nitrogen and oxygen atoms in total. The molecule has 2 N–H and O–H groups in total. The van der Waals surface area contributed by atoms with Crippen molar-refractivity contribution in [2.24, 2.45) is 0 Å². The van der Waals surface area contributed by atoms with E-state index in [4.69, 9.17) is 0 Å². The molecule has 2 amide bonds. The van der Waals surface area contributed by atoms with Crippen molar-refractivity contribution in [1.82, 2.24) is 15.2 Å². The molecule has 0 unspecified atom stereocenters. The minimum atomic E-state index is -0.186. The molecule has 21 heavy (non-hydrogen) atoms. The first-order valence-corrected chi connectivity index (χ1v) is 7.46. The van der Waals surface area contributed by atoms with Crippen LogP contribution in [0, 0.1) is 0 Å². The van der Waals surface area contributed by atoms with Crippen LogP contribution in [0.2, 0.25) is 0 Å². The van der Waals surface area contributed by atoms with Crippen LogP contribution in [0.3, 0.4) is 0 Å². The molecule has 1 aliphatic heterocycles. The molecule has 2 heterocycles. The number of anilines is 1. The highest BCUT2D eigenvalue weighted by Gasteiger charge is 2.17. The van der Waals surface area contributed by atoms with Crippen LogP contribution in [-0.4, -0.2) is 47.9 Å². The lowest BCUT2D eigenvalue weighted by Crippen LogP contribution is -2.29. The van der Waals surface area contributed by atoms with Crippen LogP contribution in [0.4, 0.5) is 5.69 Å². The molecular weight excluding hydrogens is 268 g/mol. The normalized spacial score (nSPS) is 14.0. The molecule has 0 radical (unpaired) electrons. The second-order valence-corrected chi connectivity index (χ2v) is 5.05. The summed E-state index contributed by atoms with van der Waals surface area (Å²) in [5.41, 5.74) is 1.19. The number of amides is 2. The molecule has 1 aliphatic rings. The fourth-order valence-corrected chi connectivity index (χ4v) is 2.35. The molecule has 0 saturated carbocycles. The van der Waals surface area contributed by atoms with E-state index in [9.17, 15) is 9.59 Å². The predicted octanol–water partition coefficient (Wildman–Crippen LogP) is 1.26. The third kappa shape index (κ3) is 4.44. The monoisotopic (exact) mass is 290 g/mol. The lowest BCUT2D eigenvalue weighted by molar-refractivity contribution is -0.129. The van der Waals surface area contributed by atoms with Crippen LogP contribution in [0.5, 0.6) is 0 Å². The lowest BCUT2D eigenvalue weighted by atomic mass is 10.3. The maximum absolute atomic E-state index is 11.9. The van der Waals surface area contributed by atoms with E-state index in [1.807, 2.05) is 11.8 Å².